The smallest absolute Gasteiger partial charge is 0.0325 e. The first-order chi connectivity index (χ1) is 6.83. The molecule has 3 fully saturated rings. The molecule has 3 aliphatic heterocycles. The fourth-order valence-electron chi connectivity index (χ4n) is 3.38. The first-order valence-corrected chi connectivity index (χ1v) is 6.01. The van der Waals surface area contributed by atoms with Crippen molar-refractivity contribution >= 4 is 0 Å². The number of likely N-dealkylation sites (tertiary alicyclic amines) is 1. The minimum atomic E-state index is 0.783. The number of hydrogen-bond acceptors (Lipinski definition) is 3. The second-order valence-corrected chi connectivity index (χ2v) is 5.23. The molecule has 3 nitrogen and oxygen atoms in total. The first-order valence-electron chi connectivity index (χ1n) is 6.01. The monoisotopic (exact) mass is 195 g/mol. The molecule has 3 rings (SSSR count). The molecule has 3 saturated heterocycles. The quantitative estimate of drug-likeness (QED) is 0.675. The third-order valence-corrected chi connectivity index (χ3v) is 4.12. The highest BCUT2D eigenvalue weighted by molar-refractivity contribution is 4.98. The fraction of sp³-hybridized carbons (Fsp3) is 1.00. The summed E-state index contributed by atoms with van der Waals surface area (Å²) in [4.78, 5) is 5.07. The second-order valence-electron chi connectivity index (χ2n) is 5.23. The van der Waals surface area contributed by atoms with Crippen molar-refractivity contribution in [1.29, 1.82) is 0 Å². The number of nitrogens with zero attached hydrogens (tertiary/aromatic N) is 2. The molecule has 0 aromatic heterocycles. The van der Waals surface area contributed by atoms with Crippen molar-refractivity contribution in [2.24, 2.45) is 0 Å². The van der Waals surface area contributed by atoms with E-state index in [4.69, 9.17) is 0 Å². The van der Waals surface area contributed by atoms with Gasteiger partial charge in [0.2, 0.25) is 0 Å². The Morgan fingerprint density at radius 2 is 2.00 bits per heavy atom. The van der Waals surface area contributed by atoms with Crippen LogP contribution >= 0.6 is 0 Å². The van der Waals surface area contributed by atoms with Gasteiger partial charge in [-0.25, -0.2) is 0 Å². The first kappa shape index (κ1) is 9.13. The zero-order valence-corrected chi connectivity index (χ0v) is 9.08. The Morgan fingerprint density at radius 3 is 2.79 bits per heavy atom. The number of fused-ring (bicyclic) bond motifs is 1. The molecule has 3 heterocycles. The van der Waals surface area contributed by atoms with E-state index < -0.39 is 0 Å². The van der Waals surface area contributed by atoms with E-state index in [0.29, 0.717) is 0 Å². The summed E-state index contributed by atoms with van der Waals surface area (Å²) in [6.45, 7) is 5.20. The molecule has 1 N–H and O–H groups in total. The van der Waals surface area contributed by atoms with Gasteiger partial charge in [0.25, 0.3) is 0 Å². The summed E-state index contributed by atoms with van der Waals surface area (Å²) >= 11 is 0. The summed E-state index contributed by atoms with van der Waals surface area (Å²) < 4.78 is 0. The molecule has 0 amide bonds. The maximum atomic E-state index is 3.83. The minimum absolute atomic E-state index is 0.783. The maximum Gasteiger partial charge on any atom is 0.0325 e. The van der Waals surface area contributed by atoms with Crippen LogP contribution in [0.4, 0.5) is 0 Å². The zero-order chi connectivity index (χ0) is 9.54. The van der Waals surface area contributed by atoms with Crippen LogP contribution in [0, 0.1) is 0 Å². The van der Waals surface area contributed by atoms with Gasteiger partial charge in [-0.05, 0) is 32.9 Å². The molecule has 14 heavy (non-hydrogen) atoms. The van der Waals surface area contributed by atoms with Gasteiger partial charge in [0, 0.05) is 37.8 Å². The van der Waals surface area contributed by atoms with E-state index in [2.05, 4.69) is 22.2 Å². The minimum Gasteiger partial charge on any atom is -0.307 e. The molecule has 2 unspecified atom stereocenters. The molecule has 0 spiro atoms. The van der Waals surface area contributed by atoms with Gasteiger partial charge in [-0.3, -0.25) is 4.90 Å². The lowest BCUT2D eigenvalue weighted by Gasteiger charge is -2.39. The molecule has 0 aromatic carbocycles. The van der Waals surface area contributed by atoms with Crippen LogP contribution in [-0.2, 0) is 0 Å². The van der Waals surface area contributed by atoms with E-state index in [0.717, 1.165) is 18.1 Å². The van der Waals surface area contributed by atoms with Gasteiger partial charge in [-0.2, -0.15) is 0 Å². The lowest BCUT2D eigenvalue weighted by molar-refractivity contribution is 0.144. The molecular weight excluding hydrogens is 174 g/mol. The summed E-state index contributed by atoms with van der Waals surface area (Å²) in [5, 5.41) is 3.83. The van der Waals surface area contributed by atoms with Gasteiger partial charge in [0.05, 0.1) is 0 Å². The SMILES string of the molecule is CN1CC(NC2CCN3CCCC23)C1. The normalized spacial score (nSPS) is 40.1. The summed E-state index contributed by atoms with van der Waals surface area (Å²) in [6, 6.07) is 2.46. The van der Waals surface area contributed by atoms with Crippen molar-refractivity contribution in [2.75, 3.05) is 33.2 Å². The largest absolute Gasteiger partial charge is 0.307 e. The Bertz CT molecular complexity index is 213. The number of rotatable bonds is 2. The Hall–Kier alpha value is -0.120. The standard InChI is InChI=1S/C11H21N3/c1-13-7-9(8-13)12-10-4-6-14-5-2-3-11(10)14/h9-12H,2-8H2,1H3. The van der Waals surface area contributed by atoms with Crippen LogP contribution in [0.2, 0.25) is 0 Å². The van der Waals surface area contributed by atoms with Gasteiger partial charge in [-0.15, -0.1) is 0 Å². The van der Waals surface area contributed by atoms with E-state index in [1.807, 2.05) is 0 Å². The third kappa shape index (κ3) is 1.47. The average Bonchev–Trinajstić information content (AvgIpc) is 2.66. The Morgan fingerprint density at radius 1 is 1.14 bits per heavy atom. The van der Waals surface area contributed by atoms with Crippen LogP contribution in [-0.4, -0.2) is 61.2 Å². The summed E-state index contributed by atoms with van der Waals surface area (Å²) in [5.41, 5.74) is 0. The molecule has 80 valence electrons. The number of hydrogen-bond donors (Lipinski definition) is 1. The predicted molar refractivity (Wildman–Crippen MR) is 57.4 cm³/mol. The van der Waals surface area contributed by atoms with Crippen LogP contribution in [0.3, 0.4) is 0 Å². The molecular formula is C11H21N3. The topological polar surface area (TPSA) is 18.5 Å². The van der Waals surface area contributed by atoms with E-state index in [-0.39, 0.29) is 0 Å². The number of likely N-dealkylation sites (N-methyl/N-ethyl adjacent to an activating group) is 1. The Kier molecular flexibility index (Phi) is 2.26. The van der Waals surface area contributed by atoms with Crippen LogP contribution in [0.5, 0.6) is 0 Å². The summed E-state index contributed by atoms with van der Waals surface area (Å²) in [7, 11) is 2.20. The summed E-state index contributed by atoms with van der Waals surface area (Å²) in [6.07, 6.45) is 4.23. The molecule has 0 aromatic rings. The number of nitrogens with one attached hydrogen (secondary N) is 1. The zero-order valence-electron chi connectivity index (χ0n) is 9.08. The van der Waals surface area contributed by atoms with Gasteiger partial charge < -0.3 is 10.2 Å². The predicted octanol–water partition coefficient (Wildman–Crippen LogP) is 0.127. The van der Waals surface area contributed by atoms with Crippen molar-refractivity contribution in [2.45, 2.75) is 37.4 Å². The van der Waals surface area contributed by atoms with E-state index >= 15 is 0 Å². The lowest BCUT2D eigenvalue weighted by Crippen LogP contribution is -2.59. The highest BCUT2D eigenvalue weighted by Crippen LogP contribution is 2.28. The van der Waals surface area contributed by atoms with E-state index in [9.17, 15) is 0 Å². The fourth-order valence-corrected chi connectivity index (χ4v) is 3.38. The lowest BCUT2D eigenvalue weighted by atomic mass is 10.0. The Balaban J connectivity index is 1.53. The third-order valence-electron chi connectivity index (χ3n) is 4.12. The molecule has 3 aliphatic rings. The second kappa shape index (κ2) is 3.47. The van der Waals surface area contributed by atoms with Gasteiger partial charge in [-0.1, -0.05) is 0 Å². The van der Waals surface area contributed by atoms with Crippen molar-refractivity contribution in [3.05, 3.63) is 0 Å². The highest BCUT2D eigenvalue weighted by Gasteiger charge is 2.39. The molecule has 0 saturated carbocycles. The van der Waals surface area contributed by atoms with Gasteiger partial charge in [0.15, 0.2) is 0 Å². The highest BCUT2D eigenvalue weighted by atomic mass is 15.3. The van der Waals surface area contributed by atoms with Crippen molar-refractivity contribution in [3.63, 3.8) is 0 Å². The molecule has 3 heteroatoms. The van der Waals surface area contributed by atoms with Gasteiger partial charge >= 0.3 is 0 Å². The van der Waals surface area contributed by atoms with E-state index in [1.165, 1.54) is 45.4 Å². The van der Waals surface area contributed by atoms with E-state index in [1.54, 1.807) is 0 Å². The van der Waals surface area contributed by atoms with Crippen LogP contribution in [0.15, 0.2) is 0 Å². The average molecular weight is 195 g/mol. The molecule has 0 bridgehead atoms. The van der Waals surface area contributed by atoms with Crippen molar-refractivity contribution in [1.82, 2.24) is 15.1 Å². The molecule has 0 radical (unpaired) electrons. The van der Waals surface area contributed by atoms with Crippen molar-refractivity contribution < 1.29 is 0 Å². The summed E-state index contributed by atoms with van der Waals surface area (Å²) in [5.74, 6) is 0. The van der Waals surface area contributed by atoms with Crippen molar-refractivity contribution in [3.8, 4) is 0 Å². The molecule has 0 aliphatic carbocycles. The molecule has 2 atom stereocenters. The van der Waals surface area contributed by atoms with Gasteiger partial charge in [0.1, 0.15) is 0 Å². The van der Waals surface area contributed by atoms with Crippen LogP contribution < -0.4 is 5.32 Å². The van der Waals surface area contributed by atoms with Crippen LogP contribution in [0.25, 0.3) is 0 Å². The maximum absolute atomic E-state index is 3.83. The van der Waals surface area contributed by atoms with Crippen LogP contribution in [0.1, 0.15) is 19.3 Å². The Labute approximate surface area is 86.4 Å².